The van der Waals surface area contributed by atoms with Crippen LogP contribution in [0.5, 0.6) is 0 Å². The molecule has 1 unspecified atom stereocenters. The first-order valence-corrected chi connectivity index (χ1v) is 4.65. The molecule has 1 aromatic rings. The molecule has 1 rings (SSSR count). The minimum Gasteiger partial charge on any atom is -0.0854 e. The van der Waals surface area contributed by atoms with E-state index in [4.69, 9.17) is 5.53 Å². The Morgan fingerprint density at radius 3 is 2.13 bits per heavy atom. The molecule has 15 heavy (non-hydrogen) atoms. The molecular formula is C12H19N3. The fourth-order valence-corrected chi connectivity index (χ4v) is 1.43. The van der Waals surface area contributed by atoms with E-state index in [0.29, 0.717) is 0 Å². The molecule has 0 spiro atoms. The summed E-state index contributed by atoms with van der Waals surface area (Å²) in [6.45, 7) is 6.21. The number of benzene rings is 1. The van der Waals surface area contributed by atoms with Crippen molar-refractivity contribution in [1.29, 1.82) is 0 Å². The van der Waals surface area contributed by atoms with Crippen molar-refractivity contribution in [2.45, 2.75) is 34.2 Å². The Balaban J connectivity index is 0.00000196. The quantitative estimate of drug-likeness (QED) is 0.381. The lowest BCUT2D eigenvalue weighted by molar-refractivity contribution is 0.326. The van der Waals surface area contributed by atoms with E-state index in [2.05, 4.69) is 30.8 Å². The summed E-state index contributed by atoms with van der Waals surface area (Å²) < 4.78 is 0. The van der Waals surface area contributed by atoms with E-state index in [-0.39, 0.29) is 18.9 Å². The molecule has 0 aromatic heterocycles. The maximum atomic E-state index is 8.52. The molecular weight excluding hydrogens is 186 g/mol. The van der Waals surface area contributed by atoms with E-state index in [9.17, 15) is 0 Å². The summed E-state index contributed by atoms with van der Waals surface area (Å²) in [5, 5.41) is 3.85. The van der Waals surface area contributed by atoms with E-state index in [1.165, 1.54) is 0 Å². The zero-order valence-corrected chi connectivity index (χ0v) is 8.81. The van der Waals surface area contributed by atoms with Crippen LogP contribution in [0.1, 0.15) is 39.8 Å². The highest BCUT2D eigenvalue weighted by Crippen LogP contribution is 2.35. The summed E-state index contributed by atoms with van der Waals surface area (Å²) >= 11 is 0. The van der Waals surface area contributed by atoms with Gasteiger partial charge in [-0.2, -0.15) is 0 Å². The van der Waals surface area contributed by atoms with Gasteiger partial charge in [-0.15, -0.1) is 0 Å². The third-order valence-corrected chi connectivity index (χ3v) is 2.10. The molecule has 0 aliphatic rings. The predicted molar refractivity (Wildman–Crippen MR) is 64.5 cm³/mol. The van der Waals surface area contributed by atoms with Crippen molar-refractivity contribution in [3.63, 3.8) is 0 Å². The molecule has 1 aromatic carbocycles. The highest BCUT2D eigenvalue weighted by molar-refractivity contribution is 5.20. The average molecular weight is 205 g/mol. The van der Waals surface area contributed by atoms with Crippen LogP contribution >= 0.6 is 0 Å². The molecule has 0 aliphatic carbocycles. The van der Waals surface area contributed by atoms with Gasteiger partial charge in [-0.25, -0.2) is 0 Å². The molecule has 0 aliphatic heterocycles. The zero-order chi connectivity index (χ0) is 10.6. The maximum Gasteiger partial charge on any atom is 0.0673 e. The van der Waals surface area contributed by atoms with Gasteiger partial charge in [-0.1, -0.05) is 63.6 Å². The molecule has 1 atom stereocenters. The van der Waals surface area contributed by atoms with Gasteiger partial charge >= 0.3 is 0 Å². The molecule has 0 bridgehead atoms. The normalized spacial score (nSPS) is 12.2. The summed E-state index contributed by atoms with van der Waals surface area (Å²) in [4.78, 5) is 2.90. The Morgan fingerprint density at radius 1 is 1.20 bits per heavy atom. The fraction of sp³-hybridized carbons (Fsp3) is 0.500. The Labute approximate surface area is 91.8 Å². The minimum atomic E-state index is -0.103. The number of azide groups is 1. The predicted octanol–water partition coefficient (Wildman–Crippen LogP) is 4.72. The molecule has 3 heteroatoms. The highest BCUT2D eigenvalue weighted by Gasteiger charge is 2.24. The van der Waals surface area contributed by atoms with Gasteiger partial charge in [0, 0.05) is 4.91 Å². The minimum absolute atomic E-state index is 0. The van der Waals surface area contributed by atoms with Gasteiger partial charge < -0.3 is 0 Å². The SMILES string of the molecule is C.CC(C)(C)C(N=[N+]=[N-])c1ccccc1. The molecule has 0 N–H and O–H groups in total. The summed E-state index contributed by atoms with van der Waals surface area (Å²) in [6, 6.07) is 9.75. The van der Waals surface area contributed by atoms with Crippen LogP contribution in [0.3, 0.4) is 0 Å². The number of nitrogens with zero attached hydrogens (tertiary/aromatic N) is 3. The first-order chi connectivity index (χ1) is 6.55. The van der Waals surface area contributed by atoms with Gasteiger partial charge in [0.2, 0.25) is 0 Å². The second kappa shape index (κ2) is 5.42. The first kappa shape index (κ1) is 13.5. The van der Waals surface area contributed by atoms with Crippen molar-refractivity contribution in [3.8, 4) is 0 Å². The van der Waals surface area contributed by atoms with E-state index >= 15 is 0 Å². The maximum absolute atomic E-state index is 8.52. The van der Waals surface area contributed by atoms with Crippen LogP contribution < -0.4 is 0 Å². The summed E-state index contributed by atoms with van der Waals surface area (Å²) in [6.07, 6.45) is 0. The van der Waals surface area contributed by atoms with Crippen molar-refractivity contribution >= 4 is 0 Å². The van der Waals surface area contributed by atoms with Gasteiger partial charge in [0.05, 0.1) is 6.04 Å². The summed E-state index contributed by atoms with van der Waals surface area (Å²) in [5.41, 5.74) is 9.54. The molecule has 82 valence electrons. The summed E-state index contributed by atoms with van der Waals surface area (Å²) in [7, 11) is 0. The van der Waals surface area contributed by atoms with Crippen molar-refractivity contribution in [2.75, 3.05) is 0 Å². The van der Waals surface area contributed by atoms with E-state index in [1.807, 2.05) is 30.3 Å². The lowest BCUT2D eigenvalue weighted by atomic mass is 9.83. The van der Waals surface area contributed by atoms with Crippen molar-refractivity contribution in [2.24, 2.45) is 10.5 Å². The topological polar surface area (TPSA) is 48.8 Å². The second-order valence-electron chi connectivity index (χ2n) is 4.38. The second-order valence-corrected chi connectivity index (χ2v) is 4.38. The molecule has 0 heterocycles. The molecule has 0 fully saturated rings. The van der Waals surface area contributed by atoms with Gasteiger partial charge in [0.1, 0.15) is 0 Å². The van der Waals surface area contributed by atoms with E-state index in [0.717, 1.165) is 5.56 Å². The Bertz CT molecular complexity index is 332. The molecule has 3 nitrogen and oxygen atoms in total. The van der Waals surface area contributed by atoms with Gasteiger partial charge in [0.15, 0.2) is 0 Å². The third-order valence-electron chi connectivity index (χ3n) is 2.10. The van der Waals surface area contributed by atoms with Crippen LogP contribution in [0, 0.1) is 5.41 Å². The van der Waals surface area contributed by atoms with Crippen LogP contribution in [0.25, 0.3) is 10.4 Å². The Kier molecular flexibility index (Phi) is 4.89. The van der Waals surface area contributed by atoms with Crippen LogP contribution in [0.4, 0.5) is 0 Å². The average Bonchev–Trinajstić information content (AvgIpc) is 2.14. The fourth-order valence-electron chi connectivity index (χ4n) is 1.43. The molecule has 0 radical (unpaired) electrons. The Morgan fingerprint density at radius 2 is 1.73 bits per heavy atom. The lowest BCUT2D eigenvalue weighted by Crippen LogP contribution is -2.15. The monoisotopic (exact) mass is 205 g/mol. The highest BCUT2D eigenvalue weighted by atomic mass is 15.2. The van der Waals surface area contributed by atoms with Crippen molar-refractivity contribution in [1.82, 2.24) is 0 Å². The number of rotatable bonds is 2. The standard InChI is InChI=1S/C11H15N3.CH4/c1-11(2,3)10(13-14-12)9-7-5-4-6-8-9;/h4-8,10H,1-3H3;1H4. The molecule has 0 saturated heterocycles. The summed E-state index contributed by atoms with van der Waals surface area (Å²) in [5.74, 6) is 0. The van der Waals surface area contributed by atoms with Crippen LogP contribution in [0.15, 0.2) is 35.4 Å². The number of hydrogen-bond acceptors (Lipinski definition) is 1. The largest absolute Gasteiger partial charge is 0.0854 e. The van der Waals surface area contributed by atoms with Crippen molar-refractivity contribution in [3.05, 3.63) is 46.3 Å². The first-order valence-electron chi connectivity index (χ1n) is 4.65. The molecule has 0 saturated carbocycles. The number of hydrogen-bond donors (Lipinski definition) is 0. The van der Waals surface area contributed by atoms with Crippen molar-refractivity contribution < 1.29 is 0 Å². The van der Waals surface area contributed by atoms with E-state index < -0.39 is 0 Å². The van der Waals surface area contributed by atoms with Gasteiger partial charge in [0.25, 0.3) is 0 Å². The van der Waals surface area contributed by atoms with Crippen LogP contribution in [-0.2, 0) is 0 Å². The Hall–Kier alpha value is -1.47. The smallest absolute Gasteiger partial charge is 0.0673 e. The van der Waals surface area contributed by atoms with Gasteiger partial charge in [-0.05, 0) is 16.5 Å². The van der Waals surface area contributed by atoms with Gasteiger partial charge in [-0.3, -0.25) is 0 Å². The molecule has 0 amide bonds. The third kappa shape index (κ3) is 3.64. The van der Waals surface area contributed by atoms with Crippen LogP contribution in [-0.4, -0.2) is 0 Å². The van der Waals surface area contributed by atoms with Crippen LogP contribution in [0.2, 0.25) is 0 Å². The van der Waals surface area contributed by atoms with E-state index in [1.54, 1.807) is 0 Å². The lowest BCUT2D eigenvalue weighted by Gasteiger charge is -2.26. The zero-order valence-electron chi connectivity index (χ0n) is 8.81.